The van der Waals surface area contributed by atoms with Crippen LogP contribution >= 0.6 is 11.6 Å². The number of carbonyl (C=O) groups excluding carboxylic acids is 2. The molecule has 1 aliphatic rings. The van der Waals surface area contributed by atoms with Gasteiger partial charge in [-0.3, -0.25) is 14.5 Å². The van der Waals surface area contributed by atoms with Crippen molar-refractivity contribution in [2.24, 2.45) is 0 Å². The Kier molecular flexibility index (Phi) is 6.01. The summed E-state index contributed by atoms with van der Waals surface area (Å²) in [5.41, 5.74) is 4.96. The van der Waals surface area contributed by atoms with Crippen molar-refractivity contribution in [2.45, 2.75) is 20.4 Å². The van der Waals surface area contributed by atoms with Crippen molar-refractivity contribution in [2.75, 3.05) is 12.4 Å². The third-order valence-corrected chi connectivity index (χ3v) is 5.69. The van der Waals surface area contributed by atoms with Crippen LogP contribution in [0, 0.1) is 13.8 Å². The number of hydrogen-bond acceptors (Lipinski definition) is 4. The second-order valence-corrected chi connectivity index (χ2v) is 8.18. The smallest absolute Gasteiger partial charge is 0.278 e. The van der Waals surface area contributed by atoms with Crippen molar-refractivity contribution in [1.29, 1.82) is 0 Å². The Balaban J connectivity index is 1.74. The van der Waals surface area contributed by atoms with Crippen molar-refractivity contribution in [3.05, 3.63) is 99.7 Å². The highest BCUT2D eigenvalue weighted by molar-refractivity contribution is 6.36. The number of methoxy groups -OCH3 is 1. The van der Waals surface area contributed by atoms with E-state index in [-0.39, 0.29) is 24.1 Å². The molecule has 3 aromatic rings. The average molecular weight is 447 g/mol. The SMILES string of the molecule is COc1ccc(C2=C(Nc3ccc(C)cc3C)C(=O)N(Cc3ccc(Cl)cc3)C2=O)cc1. The second-order valence-electron chi connectivity index (χ2n) is 7.74. The number of benzene rings is 3. The number of rotatable bonds is 6. The quantitative estimate of drug-likeness (QED) is 0.518. The van der Waals surface area contributed by atoms with Gasteiger partial charge in [0, 0.05) is 10.7 Å². The molecule has 0 atom stereocenters. The molecular formula is C26H23ClN2O3. The second kappa shape index (κ2) is 8.89. The van der Waals surface area contributed by atoms with Gasteiger partial charge < -0.3 is 10.1 Å². The minimum Gasteiger partial charge on any atom is -0.497 e. The lowest BCUT2D eigenvalue weighted by Gasteiger charge is -2.16. The van der Waals surface area contributed by atoms with Gasteiger partial charge >= 0.3 is 0 Å². The summed E-state index contributed by atoms with van der Waals surface area (Å²) < 4.78 is 5.23. The Hall–Kier alpha value is -3.57. The predicted octanol–water partition coefficient (Wildman–Crippen LogP) is 5.36. The van der Waals surface area contributed by atoms with Gasteiger partial charge in [-0.15, -0.1) is 0 Å². The van der Waals surface area contributed by atoms with E-state index in [4.69, 9.17) is 16.3 Å². The molecule has 0 bridgehead atoms. The average Bonchev–Trinajstić information content (AvgIpc) is 3.01. The third-order valence-electron chi connectivity index (χ3n) is 5.44. The first-order chi connectivity index (χ1) is 15.4. The molecule has 3 aromatic carbocycles. The maximum Gasteiger partial charge on any atom is 0.278 e. The zero-order chi connectivity index (χ0) is 22.8. The molecule has 0 spiro atoms. The maximum absolute atomic E-state index is 13.4. The zero-order valence-electron chi connectivity index (χ0n) is 18.1. The van der Waals surface area contributed by atoms with Gasteiger partial charge in [-0.2, -0.15) is 0 Å². The first-order valence-corrected chi connectivity index (χ1v) is 10.6. The highest BCUT2D eigenvalue weighted by Crippen LogP contribution is 2.33. The molecule has 4 rings (SSSR count). The molecule has 1 aliphatic heterocycles. The molecule has 0 saturated heterocycles. The van der Waals surface area contributed by atoms with E-state index in [1.54, 1.807) is 43.5 Å². The van der Waals surface area contributed by atoms with Crippen LogP contribution < -0.4 is 10.1 Å². The number of imide groups is 1. The molecule has 1 heterocycles. The number of carbonyl (C=O) groups is 2. The van der Waals surface area contributed by atoms with Gasteiger partial charge in [0.25, 0.3) is 11.8 Å². The van der Waals surface area contributed by atoms with Crippen molar-refractivity contribution in [1.82, 2.24) is 4.90 Å². The number of hydrogen-bond donors (Lipinski definition) is 1. The van der Waals surface area contributed by atoms with Crippen LogP contribution in [0.3, 0.4) is 0 Å². The van der Waals surface area contributed by atoms with Crippen molar-refractivity contribution < 1.29 is 14.3 Å². The fraction of sp³-hybridized carbons (Fsp3) is 0.154. The van der Waals surface area contributed by atoms with Crippen LogP contribution in [0.15, 0.2) is 72.4 Å². The Morgan fingerprint density at radius 3 is 2.22 bits per heavy atom. The minimum atomic E-state index is -0.365. The Morgan fingerprint density at radius 1 is 0.906 bits per heavy atom. The molecular weight excluding hydrogens is 424 g/mol. The number of nitrogens with one attached hydrogen (secondary N) is 1. The third kappa shape index (κ3) is 4.25. The largest absolute Gasteiger partial charge is 0.497 e. The molecule has 0 saturated carbocycles. The molecule has 1 N–H and O–H groups in total. The van der Waals surface area contributed by atoms with Crippen LogP contribution in [0.1, 0.15) is 22.3 Å². The van der Waals surface area contributed by atoms with Crippen molar-refractivity contribution >= 4 is 34.7 Å². The predicted molar refractivity (Wildman–Crippen MR) is 126 cm³/mol. The number of amides is 2. The van der Waals surface area contributed by atoms with Gasteiger partial charge in [0.15, 0.2) is 0 Å². The molecule has 0 radical (unpaired) electrons. The summed E-state index contributed by atoms with van der Waals surface area (Å²) in [5.74, 6) is -0.0360. The first kappa shape index (κ1) is 21.7. The maximum atomic E-state index is 13.4. The van der Waals surface area contributed by atoms with Crippen LogP contribution in [0.25, 0.3) is 5.57 Å². The van der Waals surface area contributed by atoms with E-state index in [1.165, 1.54) is 4.90 Å². The number of aryl methyl sites for hydroxylation is 2. The number of ether oxygens (including phenoxy) is 1. The zero-order valence-corrected chi connectivity index (χ0v) is 18.9. The summed E-state index contributed by atoms with van der Waals surface area (Å²) in [5, 5.41) is 3.83. The van der Waals surface area contributed by atoms with E-state index in [1.807, 2.05) is 44.2 Å². The van der Waals surface area contributed by atoms with Crippen LogP contribution in [0.5, 0.6) is 5.75 Å². The first-order valence-electron chi connectivity index (χ1n) is 10.2. The summed E-state index contributed by atoms with van der Waals surface area (Å²) in [6.45, 7) is 4.14. The highest BCUT2D eigenvalue weighted by Gasteiger charge is 2.39. The topological polar surface area (TPSA) is 58.6 Å². The Bertz CT molecular complexity index is 1210. The van der Waals surface area contributed by atoms with E-state index in [0.717, 1.165) is 22.4 Å². The highest BCUT2D eigenvalue weighted by atomic mass is 35.5. The van der Waals surface area contributed by atoms with Gasteiger partial charge in [0.2, 0.25) is 0 Å². The van der Waals surface area contributed by atoms with Gasteiger partial charge in [0.1, 0.15) is 11.4 Å². The summed E-state index contributed by atoms with van der Waals surface area (Å²) in [6.07, 6.45) is 0. The number of anilines is 1. The molecule has 6 heteroatoms. The van der Waals surface area contributed by atoms with Crippen LogP contribution in [-0.4, -0.2) is 23.8 Å². The van der Waals surface area contributed by atoms with E-state index in [0.29, 0.717) is 21.9 Å². The summed E-state index contributed by atoms with van der Waals surface area (Å²) in [7, 11) is 1.58. The summed E-state index contributed by atoms with van der Waals surface area (Å²) >= 11 is 5.98. The Labute approximate surface area is 192 Å². The molecule has 0 fully saturated rings. The van der Waals surface area contributed by atoms with Crippen LogP contribution in [0.4, 0.5) is 5.69 Å². The fourth-order valence-electron chi connectivity index (χ4n) is 3.72. The monoisotopic (exact) mass is 446 g/mol. The minimum absolute atomic E-state index is 0.159. The van der Waals surface area contributed by atoms with Gasteiger partial charge in [-0.1, -0.05) is 53.6 Å². The van der Waals surface area contributed by atoms with E-state index in [2.05, 4.69) is 5.32 Å². The summed E-state index contributed by atoms with van der Waals surface area (Å²) in [6, 6.07) is 20.2. The molecule has 162 valence electrons. The fourth-order valence-corrected chi connectivity index (χ4v) is 3.85. The molecule has 5 nitrogen and oxygen atoms in total. The van der Waals surface area contributed by atoms with E-state index < -0.39 is 0 Å². The van der Waals surface area contributed by atoms with Gasteiger partial charge in [-0.05, 0) is 60.9 Å². The van der Waals surface area contributed by atoms with Crippen LogP contribution in [0.2, 0.25) is 5.02 Å². The standard InChI is InChI=1S/C26H23ClN2O3/c1-16-4-13-22(17(2)14-16)28-24-23(19-7-11-21(32-3)12-8-19)25(30)29(26(24)31)15-18-5-9-20(27)10-6-18/h4-14,28H,15H2,1-3H3. The van der Waals surface area contributed by atoms with Crippen molar-refractivity contribution in [3.63, 3.8) is 0 Å². The lowest BCUT2D eigenvalue weighted by molar-refractivity contribution is -0.137. The van der Waals surface area contributed by atoms with Gasteiger partial charge in [-0.25, -0.2) is 0 Å². The molecule has 32 heavy (non-hydrogen) atoms. The van der Waals surface area contributed by atoms with Crippen LogP contribution in [-0.2, 0) is 16.1 Å². The normalized spacial score (nSPS) is 13.7. The van der Waals surface area contributed by atoms with E-state index in [9.17, 15) is 9.59 Å². The molecule has 2 amide bonds. The number of nitrogens with zero attached hydrogens (tertiary/aromatic N) is 1. The summed E-state index contributed by atoms with van der Waals surface area (Å²) in [4.78, 5) is 28.1. The molecule has 0 unspecified atom stereocenters. The molecule has 0 aromatic heterocycles. The van der Waals surface area contributed by atoms with E-state index >= 15 is 0 Å². The lowest BCUT2D eigenvalue weighted by atomic mass is 10.0. The lowest BCUT2D eigenvalue weighted by Crippen LogP contribution is -2.32. The van der Waals surface area contributed by atoms with Crippen molar-refractivity contribution in [3.8, 4) is 5.75 Å². The Morgan fingerprint density at radius 2 is 1.59 bits per heavy atom. The number of halogens is 1. The van der Waals surface area contributed by atoms with Gasteiger partial charge in [0.05, 0.1) is 19.2 Å². The molecule has 0 aliphatic carbocycles.